The number of rotatable bonds is 2. The number of nitrogens with zero attached hydrogens (tertiary/aromatic N) is 3. The molecule has 1 aromatic rings. The summed E-state index contributed by atoms with van der Waals surface area (Å²) in [5, 5.41) is 29.5. The monoisotopic (exact) mass is 309 g/mol. The van der Waals surface area contributed by atoms with Gasteiger partial charge in [-0.15, -0.1) is 0 Å². The van der Waals surface area contributed by atoms with E-state index in [0.717, 1.165) is 4.42 Å². The third kappa shape index (κ3) is 2.61. The molecule has 4 unspecified atom stereocenters. The van der Waals surface area contributed by atoms with Crippen LogP contribution in [0.5, 0.6) is 0 Å². The SMILES string of the molecule is CC(O)C(O)c1cnc2c(n1)N(Cl)C(N)(Cl)NC2O. The second-order valence-corrected chi connectivity index (χ2v) is 5.10. The lowest BCUT2D eigenvalue weighted by molar-refractivity contribution is 0.0273. The molecule has 4 atom stereocenters. The lowest BCUT2D eigenvalue weighted by Gasteiger charge is -2.38. The van der Waals surface area contributed by atoms with E-state index in [1.54, 1.807) is 0 Å². The number of alkyl halides is 1. The predicted octanol–water partition coefficient (Wildman–Crippen LogP) is -0.746. The topological polar surface area (TPSA) is 128 Å². The Morgan fingerprint density at radius 2 is 2.21 bits per heavy atom. The van der Waals surface area contributed by atoms with E-state index < -0.39 is 23.7 Å². The first-order valence-electron chi connectivity index (χ1n) is 5.36. The molecule has 0 saturated carbocycles. The molecule has 0 spiro atoms. The third-order valence-electron chi connectivity index (χ3n) is 2.63. The minimum absolute atomic E-state index is 0.00242. The number of aliphatic hydroxyl groups excluding tert-OH is 3. The van der Waals surface area contributed by atoms with Crippen molar-refractivity contribution < 1.29 is 15.3 Å². The van der Waals surface area contributed by atoms with Gasteiger partial charge < -0.3 is 15.3 Å². The largest absolute Gasteiger partial charge is 0.390 e. The summed E-state index contributed by atoms with van der Waals surface area (Å²) in [6.07, 6.45) is -2.31. The molecule has 0 bridgehead atoms. The van der Waals surface area contributed by atoms with Gasteiger partial charge in [-0.1, -0.05) is 11.6 Å². The summed E-state index contributed by atoms with van der Waals surface area (Å²) in [7, 11) is 0. The first-order valence-corrected chi connectivity index (χ1v) is 6.08. The van der Waals surface area contributed by atoms with Gasteiger partial charge in [-0.3, -0.25) is 10.7 Å². The summed E-state index contributed by atoms with van der Waals surface area (Å²) >= 11 is 11.8. The third-order valence-corrected chi connectivity index (χ3v) is 3.42. The van der Waals surface area contributed by atoms with Crippen LogP contribution < -0.4 is 15.5 Å². The van der Waals surface area contributed by atoms with Crippen molar-refractivity contribution in [1.29, 1.82) is 0 Å². The molecule has 0 fully saturated rings. The number of nitrogens with two attached hydrogens (primary N) is 1. The Morgan fingerprint density at radius 3 is 2.79 bits per heavy atom. The van der Waals surface area contributed by atoms with Crippen LogP contribution in [0.25, 0.3) is 0 Å². The van der Waals surface area contributed by atoms with Crippen molar-refractivity contribution in [3.63, 3.8) is 0 Å². The number of fused-ring (bicyclic) bond motifs is 1. The fourth-order valence-electron chi connectivity index (χ4n) is 1.60. The van der Waals surface area contributed by atoms with Gasteiger partial charge in [0.15, 0.2) is 12.0 Å². The van der Waals surface area contributed by atoms with Crippen LogP contribution in [0.15, 0.2) is 6.20 Å². The zero-order chi connectivity index (χ0) is 14.4. The highest BCUT2D eigenvalue weighted by Gasteiger charge is 2.41. The fraction of sp³-hybridized carbons (Fsp3) is 0.556. The summed E-state index contributed by atoms with van der Waals surface area (Å²) in [5.41, 5.74) is 5.81. The van der Waals surface area contributed by atoms with Crippen LogP contribution in [0, 0.1) is 0 Å². The van der Waals surface area contributed by atoms with Gasteiger partial charge >= 0.3 is 0 Å². The van der Waals surface area contributed by atoms with E-state index >= 15 is 0 Å². The molecule has 0 radical (unpaired) electrons. The Labute approximate surface area is 118 Å². The highest BCUT2D eigenvalue weighted by Crippen LogP contribution is 2.35. The number of aromatic nitrogens is 2. The average molecular weight is 310 g/mol. The molecule has 0 aromatic carbocycles. The molecule has 2 heterocycles. The van der Waals surface area contributed by atoms with E-state index in [1.165, 1.54) is 13.1 Å². The second kappa shape index (κ2) is 4.98. The van der Waals surface area contributed by atoms with Crippen LogP contribution in [0.2, 0.25) is 0 Å². The number of hydrogen-bond donors (Lipinski definition) is 5. The van der Waals surface area contributed by atoms with E-state index in [4.69, 9.17) is 29.1 Å². The minimum atomic E-state index is -1.75. The number of anilines is 1. The Balaban J connectivity index is 2.46. The molecule has 1 aliphatic rings. The number of hydrogen-bond acceptors (Lipinski definition) is 8. The molecule has 8 nitrogen and oxygen atoms in total. The van der Waals surface area contributed by atoms with Gasteiger partial charge in [0.1, 0.15) is 11.8 Å². The number of nitrogens with one attached hydrogen (secondary N) is 1. The Kier molecular flexibility index (Phi) is 3.85. The van der Waals surface area contributed by atoms with Crippen molar-refractivity contribution in [3.05, 3.63) is 17.6 Å². The van der Waals surface area contributed by atoms with Crippen LogP contribution >= 0.6 is 23.4 Å². The standard InChI is InChI=1S/C9H13Cl2N5O3/c1-3(17)6(18)4-2-13-5-7(14-4)16(11)9(10,12)15-8(5)19/h2-3,6,8,15,17-19H,12H2,1H3. The van der Waals surface area contributed by atoms with Gasteiger partial charge in [-0.25, -0.2) is 14.7 Å². The first kappa shape index (κ1) is 14.7. The van der Waals surface area contributed by atoms with E-state index in [2.05, 4.69) is 15.3 Å². The van der Waals surface area contributed by atoms with Crippen molar-refractivity contribution in [2.45, 2.75) is 30.6 Å². The highest BCUT2D eigenvalue weighted by molar-refractivity contribution is 6.35. The van der Waals surface area contributed by atoms with Crippen LogP contribution in [0.3, 0.4) is 0 Å². The molecule has 106 valence electrons. The van der Waals surface area contributed by atoms with Crippen molar-refractivity contribution in [2.24, 2.45) is 5.73 Å². The molecule has 0 amide bonds. The molecular weight excluding hydrogens is 297 g/mol. The van der Waals surface area contributed by atoms with E-state index in [9.17, 15) is 15.3 Å². The summed E-state index contributed by atoms with van der Waals surface area (Å²) in [5.74, 6) is 0.00242. The van der Waals surface area contributed by atoms with Crippen LogP contribution in [0.4, 0.5) is 5.82 Å². The Hall–Kier alpha value is -0.740. The van der Waals surface area contributed by atoms with Gasteiger partial charge in [0.25, 0.3) is 0 Å². The number of aliphatic hydroxyl groups is 3. The van der Waals surface area contributed by atoms with Crippen molar-refractivity contribution in [1.82, 2.24) is 15.3 Å². The lowest BCUT2D eigenvalue weighted by Crippen LogP contribution is -2.62. The summed E-state index contributed by atoms with van der Waals surface area (Å²) in [4.78, 5) is 7.95. The van der Waals surface area contributed by atoms with Crippen LogP contribution in [-0.4, -0.2) is 36.6 Å². The molecule has 1 aromatic heterocycles. The zero-order valence-electron chi connectivity index (χ0n) is 9.83. The Bertz CT molecular complexity index is 487. The maximum atomic E-state index is 9.78. The molecule has 10 heteroatoms. The molecule has 6 N–H and O–H groups in total. The summed E-state index contributed by atoms with van der Waals surface area (Å²) in [6, 6.07) is 0. The molecule has 1 aliphatic heterocycles. The van der Waals surface area contributed by atoms with Gasteiger partial charge in [0.2, 0.25) is 5.25 Å². The normalized spacial score (nSPS) is 29.8. The molecule has 0 saturated heterocycles. The van der Waals surface area contributed by atoms with Crippen LogP contribution in [0.1, 0.15) is 30.6 Å². The van der Waals surface area contributed by atoms with E-state index in [0.29, 0.717) is 0 Å². The van der Waals surface area contributed by atoms with Gasteiger partial charge in [0.05, 0.1) is 18.0 Å². The molecular formula is C9H13Cl2N5O3. The zero-order valence-corrected chi connectivity index (χ0v) is 11.3. The summed E-state index contributed by atoms with van der Waals surface area (Å²) in [6.45, 7) is 1.40. The minimum Gasteiger partial charge on any atom is -0.390 e. The number of halogens is 2. The first-order chi connectivity index (χ1) is 8.74. The average Bonchev–Trinajstić information content (AvgIpc) is 2.34. The second-order valence-electron chi connectivity index (χ2n) is 4.19. The molecule has 2 rings (SSSR count). The molecule has 0 aliphatic carbocycles. The van der Waals surface area contributed by atoms with Crippen molar-refractivity contribution in [2.75, 3.05) is 4.42 Å². The van der Waals surface area contributed by atoms with Gasteiger partial charge in [-0.05, 0) is 6.92 Å². The maximum absolute atomic E-state index is 9.78. The van der Waals surface area contributed by atoms with Crippen molar-refractivity contribution in [3.8, 4) is 0 Å². The highest BCUT2D eigenvalue weighted by atomic mass is 35.5. The smallest absolute Gasteiger partial charge is 0.241 e. The van der Waals surface area contributed by atoms with E-state index in [1.807, 2.05) is 0 Å². The molecule has 19 heavy (non-hydrogen) atoms. The fourth-order valence-corrected chi connectivity index (χ4v) is 1.96. The van der Waals surface area contributed by atoms with Gasteiger partial charge in [-0.2, -0.15) is 0 Å². The van der Waals surface area contributed by atoms with E-state index in [-0.39, 0.29) is 17.2 Å². The Morgan fingerprint density at radius 1 is 1.58 bits per heavy atom. The van der Waals surface area contributed by atoms with Crippen LogP contribution in [-0.2, 0) is 0 Å². The summed E-state index contributed by atoms with van der Waals surface area (Å²) < 4.78 is 0.849. The van der Waals surface area contributed by atoms with Gasteiger partial charge in [0, 0.05) is 11.8 Å². The predicted molar refractivity (Wildman–Crippen MR) is 67.9 cm³/mol. The van der Waals surface area contributed by atoms with Crippen molar-refractivity contribution >= 4 is 29.2 Å². The lowest BCUT2D eigenvalue weighted by atomic mass is 10.1. The quantitative estimate of drug-likeness (QED) is 0.274. The maximum Gasteiger partial charge on any atom is 0.241 e.